The number of rotatable bonds is 7. The largest absolute Gasteiger partial charge is 0.418 e. The average molecular weight is 362 g/mol. The molecule has 0 saturated carbocycles. The second-order valence-electron chi connectivity index (χ2n) is 6.19. The van der Waals surface area contributed by atoms with Crippen molar-refractivity contribution >= 4 is 13.7 Å². The van der Waals surface area contributed by atoms with Crippen LogP contribution >= 0.6 is 7.94 Å². The van der Waals surface area contributed by atoms with E-state index in [1.54, 1.807) is 0 Å². The molecule has 134 valence electrons. The van der Waals surface area contributed by atoms with Crippen LogP contribution in [0.3, 0.4) is 0 Å². The lowest BCUT2D eigenvalue weighted by atomic mass is 10.1. The van der Waals surface area contributed by atoms with Gasteiger partial charge >= 0.3 is 7.94 Å². The first kappa shape index (κ1) is 18.3. The smallest absolute Gasteiger partial charge is 0.338 e. The van der Waals surface area contributed by atoms with Crippen LogP contribution in [0, 0.1) is 6.92 Å². The summed E-state index contributed by atoms with van der Waals surface area (Å²) in [5.74, 6) is 0.00147. The van der Waals surface area contributed by atoms with Gasteiger partial charge in [0.25, 0.3) is 0 Å². The normalized spacial score (nSPS) is 16.9. The van der Waals surface area contributed by atoms with Crippen LogP contribution in [0.5, 0.6) is 0 Å². The van der Waals surface area contributed by atoms with Gasteiger partial charge in [0, 0.05) is 18.5 Å². The van der Waals surface area contributed by atoms with E-state index in [-0.39, 0.29) is 11.4 Å². The summed E-state index contributed by atoms with van der Waals surface area (Å²) in [5.41, 5.74) is 3.18. The molecular formula is C19H25NO4P+. The molecule has 5 nitrogen and oxygen atoms in total. The Bertz CT molecular complexity index is 747. The minimum absolute atomic E-state index is 0.00147. The molecule has 1 N–H and O–H groups in total. The molecule has 1 aromatic heterocycles. The molecule has 0 spiro atoms. The summed E-state index contributed by atoms with van der Waals surface area (Å²) in [6.07, 6.45) is 0.717. The molecule has 0 radical (unpaired) electrons. The Kier molecular flexibility index (Phi) is 5.40. The van der Waals surface area contributed by atoms with Crippen molar-refractivity contribution in [1.29, 1.82) is 0 Å². The summed E-state index contributed by atoms with van der Waals surface area (Å²) in [4.78, 5) is 23.8. The number of ketones is 1. The molecule has 3 rings (SSSR count). The lowest BCUT2D eigenvalue weighted by Crippen LogP contribution is -2.11. The molecule has 0 bridgehead atoms. The molecule has 0 aliphatic carbocycles. The number of aryl methyl sites for hydroxylation is 1. The van der Waals surface area contributed by atoms with Gasteiger partial charge in [-0.1, -0.05) is 29.8 Å². The highest BCUT2D eigenvalue weighted by Crippen LogP contribution is 2.70. The summed E-state index contributed by atoms with van der Waals surface area (Å²) in [7, 11) is -2.98. The van der Waals surface area contributed by atoms with Crippen LogP contribution in [0.15, 0.2) is 36.4 Å². The third-order valence-corrected chi connectivity index (χ3v) is 7.12. The first-order valence-electron chi connectivity index (χ1n) is 8.71. The van der Waals surface area contributed by atoms with Gasteiger partial charge in [0.1, 0.15) is 0 Å². The Morgan fingerprint density at radius 3 is 2.40 bits per heavy atom. The van der Waals surface area contributed by atoms with Gasteiger partial charge in [-0.3, -0.25) is 4.79 Å². The second kappa shape index (κ2) is 7.38. The number of benzene rings is 1. The van der Waals surface area contributed by atoms with Crippen molar-refractivity contribution in [2.75, 3.05) is 13.2 Å². The zero-order valence-electron chi connectivity index (χ0n) is 14.9. The Labute approximate surface area is 149 Å². The van der Waals surface area contributed by atoms with Crippen LogP contribution in [-0.2, 0) is 15.6 Å². The Balaban J connectivity index is 1.91. The number of carbonyl (C=O) groups excluding carboxylic acids is 1. The average Bonchev–Trinajstić information content (AvgIpc) is 3.17. The number of carbonyl (C=O) groups is 1. The number of hydrogen-bond acceptors (Lipinski definition) is 4. The van der Waals surface area contributed by atoms with Gasteiger partial charge in [0.2, 0.25) is 5.78 Å². The highest BCUT2D eigenvalue weighted by atomic mass is 31.2. The van der Waals surface area contributed by atoms with Gasteiger partial charge in [0.15, 0.2) is 5.66 Å². The Morgan fingerprint density at radius 1 is 1.16 bits per heavy atom. The summed E-state index contributed by atoms with van der Waals surface area (Å²) in [6.45, 7) is 7.18. The summed E-state index contributed by atoms with van der Waals surface area (Å²) >= 11 is 0. The molecule has 0 amide bonds. The molecule has 25 heavy (non-hydrogen) atoms. The number of nitrogens with zero attached hydrogens (tertiary/aromatic N) is 1. The molecule has 1 aliphatic heterocycles. The topological polar surface area (TPSA) is 60.7 Å². The first-order valence-corrected chi connectivity index (χ1v) is 10.4. The minimum Gasteiger partial charge on any atom is -0.338 e. The van der Waals surface area contributed by atoms with E-state index in [2.05, 4.69) is 0 Å². The van der Waals surface area contributed by atoms with Gasteiger partial charge in [0.05, 0.1) is 24.6 Å². The number of hydrogen-bond donors (Lipinski definition) is 1. The molecule has 0 saturated heterocycles. The van der Waals surface area contributed by atoms with Crippen molar-refractivity contribution in [3.63, 3.8) is 0 Å². The fraction of sp³-hybridized carbons (Fsp3) is 0.421. The molecule has 6 heteroatoms. The van der Waals surface area contributed by atoms with E-state index >= 15 is 0 Å². The van der Waals surface area contributed by atoms with Crippen LogP contribution in [-0.4, -0.2) is 28.5 Å². The third-order valence-electron chi connectivity index (χ3n) is 4.55. The van der Waals surface area contributed by atoms with Crippen molar-refractivity contribution in [1.82, 2.24) is 4.57 Å². The zero-order chi connectivity index (χ0) is 18.0. The van der Waals surface area contributed by atoms with E-state index in [1.807, 2.05) is 61.7 Å². The van der Waals surface area contributed by atoms with E-state index in [9.17, 15) is 9.69 Å². The van der Waals surface area contributed by atoms with Crippen molar-refractivity contribution in [3.05, 3.63) is 58.9 Å². The SMILES string of the molecule is CCO[P+](O)(OCC)C1CCn2c(C(=O)c3ccc(C)cc3)ccc21. The Morgan fingerprint density at radius 2 is 1.80 bits per heavy atom. The summed E-state index contributed by atoms with van der Waals surface area (Å²) in [5, 5.41) is 0. The third kappa shape index (κ3) is 3.42. The van der Waals surface area contributed by atoms with Gasteiger partial charge < -0.3 is 4.57 Å². The maximum absolute atomic E-state index is 12.8. The van der Waals surface area contributed by atoms with Crippen LogP contribution < -0.4 is 0 Å². The molecule has 1 aromatic carbocycles. The fourth-order valence-corrected chi connectivity index (χ4v) is 5.57. The van der Waals surface area contributed by atoms with Crippen molar-refractivity contribution < 1.29 is 18.7 Å². The fourth-order valence-electron chi connectivity index (χ4n) is 3.39. The van der Waals surface area contributed by atoms with Gasteiger partial charge in [-0.05, 0) is 32.9 Å². The maximum Gasteiger partial charge on any atom is 0.418 e. The monoisotopic (exact) mass is 362 g/mol. The highest BCUT2D eigenvalue weighted by Gasteiger charge is 2.54. The lowest BCUT2D eigenvalue weighted by molar-refractivity contribution is 0.103. The predicted octanol–water partition coefficient (Wildman–Crippen LogP) is 4.30. The summed E-state index contributed by atoms with van der Waals surface area (Å²) in [6, 6.07) is 11.4. The minimum atomic E-state index is -2.98. The summed E-state index contributed by atoms with van der Waals surface area (Å²) < 4.78 is 13.2. The first-order chi connectivity index (χ1) is 12.0. The zero-order valence-corrected chi connectivity index (χ0v) is 15.8. The van der Waals surface area contributed by atoms with Gasteiger partial charge in [-0.25, -0.2) is 0 Å². The molecule has 1 atom stereocenters. The predicted molar refractivity (Wildman–Crippen MR) is 98.8 cm³/mol. The standard InChI is InChI=1S/C19H25NO4P/c1-4-23-25(22,24-5-2)18-12-13-20-16(18)10-11-17(20)19(21)15-8-6-14(3)7-9-15/h6-11,18,22H,4-5,12-13H2,1-3H3/q+1. The van der Waals surface area contributed by atoms with E-state index in [1.165, 1.54) is 0 Å². The molecule has 0 fully saturated rings. The van der Waals surface area contributed by atoms with E-state index in [0.29, 0.717) is 37.4 Å². The number of fused-ring (bicyclic) bond motifs is 1. The van der Waals surface area contributed by atoms with Crippen molar-refractivity contribution in [3.8, 4) is 0 Å². The van der Waals surface area contributed by atoms with E-state index < -0.39 is 7.94 Å². The molecule has 2 heterocycles. The lowest BCUT2D eigenvalue weighted by Gasteiger charge is -2.21. The van der Waals surface area contributed by atoms with Crippen LogP contribution in [0.4, 0.5) is 0 Å². The molecule has 1 aliphatic rings. The van der Waals surface area contributed by atoms with E-state index in [0.717, 1.165) is 11.3 Å². The Hall–Kier alpha value is -1.52. The molecular weight excluding hydrogens is 337 g/mol. The van der Waals surface area contributed by atoms with Crippen LogP contribution in [0.1, 0.15) is 53.2 Å². The van der Waals surface area contributed by atoms with E-state index in [4.69, 9.17) is 9.05 Å². The highest BCUT2D eigenvalue weighted by molar-refractivity contribution is 7.61. The number of aromatic nitrogens is 1. The van der Waals surface area contributed by atoms with Crippen molar-refractivity contribution in [2.45, 2.75) is 39.4 Å². The van der Waals surface area contributed by atoms with Gasteiger partial charge in [-0.2, -0.15) is 13.9 Å². The van der Waals surface area contributed by atoms with Crippen molar-refractivity contribution in [2.24, 2.45) is 0 Å². The van der Waals surface area contributed by atoms with Crippen LogP contribution in [0.2, 0.25) is 0 Å². The molecule has 1 unspecified atom stereocenters. The second-order valence-corrected chi connectivity index (χ2v) is 8.46. The van der Waals surface area contributed by atoms with Gasteiger partial charge in [-0.15, -0.1) is 0 Å². The quantitative estimate of drug-likeness (QED) is 0.589. The maximum atomic E-state index is 12.8. The van der Waals surface area contributed by atoms with Crippen LogP contribution in [0.25, 0.3) is 0 Å². The molecule has 2 aromatic rings.